The van der Waals surface area contributed by atoms with E-state index in [4.69, 9.17) is 0 Å². The number of thioether (sulfide) groups is 1. The van der Waals surface area contributed by atoms with Gasteiger partial charge >= 0.3 is 0 Å². The highest BCUT2D eigenvalue weighted by Gasteiger charge is 2.15. The summed E-state index contributed by atoms with van der Waals surface area (Å²) in [6.07, 6.45) is 0. The Balaban J connectivity index is 1.40. The fourth-order valence-electron chi connectivity index (χ4n) is 3.19. The van der Waals surface area contributed by atoms with E-state index in [9.17, 15) is 14.4 Å². The van der Waals surface area contributed by atoms with Crippen LogP contribution in [0, 0.1) is 6.92 Å². The Bertz CT molecular complexity index is 1380. The van der Waals surface area contributed by atoms with Crippen LogP contribution < -0.4 is 16.2 Å². The van der Waals surface area contributed by atoms with Crippen molar-refractivity contribution in [1.82, 2.24) is 14.9 Å². The predicted octanol–water partition coefficient (Wildman–Crippen LogP) is 3.96. The summed E-state index contributed by atoms with van der Waals surface area (Å²) in [5, 5.41) is 7.98. The van der Waals surface area contributed by atoms with Crippen molar-refractivity contribution in [3.8, 4) is 0 Å². The highest BCUT2D eigenvalue weighted by Crippen LogP contribution is 2.21. The Kier molecular flexibility index (Phi) is 6.90. The van der Waals surface area contributed by atoms with Gasteiger partial charge in [0.25, 0.3) is 11.5 Å². The first-order valence-electron chi connectivity index (χ1n) is 10.2. The molecule has 0 radical (unpaired) electrons. The van der Waals surface area contributed by atoms with Gasteiger partial charge in [0.15, 0.2) is 5.16 Å². The summed E-state index contributed by atoms with van der Waals surface area (Å²) >= 11 is 2.52. The number of thiophene rings is 1. The zero-order valence-corrected chi connectivity index (χ0v) is 19.8. The molecule has 0 fully saturated rings. The number of anilines is 1. The van der Waals surface area contributed by atoms with E-state index in [-0.39, 0.29) is 23.1 Å². The minimum absolute atomic E-state index is 0.0508. The van der Waals surface area contributed by atoms with Crippen LogP contribution in [-0.4, -0.2) is 27.1 Å². The van der Waals surface area contributed by atoms with E-state index >= 15 is 0 Å². The van der Waals surface area contributed by atoms with Crippen molar-refractivity contribution >= 4 is 50.8 Å². The Hall–Kier alpha value is -3.43. The normalized spacial score (nSPS) is 10.8. The van der Waals surface area contributed by atoms with E-state index in [1.807, 2.05) is 36.6 Å². The Morgan fingerprint density at radius 2 is 1.85 bits per heavy atom. The molecule has 2 aromatic heterocycles. The predicted molar refractivity (Wildman–Crippen MR) is 133 cm³/mol. The van der Waals surface area contributed by atoms with Crippen LogP contribution in [0.5, 0.6) is 0 Å². The summed E-state index contributed by atoms with van der Waals surface area (Å²) in [5.41, 5.74) is 3.46. The van der Waals surface area contributed by atoms with E-state index in [1.54, 1.807) is 37.4 Å². The molecule has 4 rings (SSSR count). The van der Waals surface area contributed by atoms with E-state index in [2.05, 4.69) is 15.6 Å². The van der Waals surface area contributed by atoms with Gasteiger partial charge in [0.1, 0.15) is 4.70 Å². The second-order valence-corrected chi connectivity index (χ2v) is 9.30. The Morgan fingerprint density at radius 1 is 1.09 bits per heavy atom. The molecule has 0 aliphatic rings. The summed E-state index contributed by atoms with van der Waals surface area (Å²) < 4.78 is 2.04. The van der Waals surface area contributed by atoms with Crippen LogP contribution >= 0.6 is 23.1 Å². The number of aromatic nitrogens is 2. The van der Waals surface area contributed by atoms with Crippen LogP contribution in [0.1, 0.15) is 21.5 Å². The number of rotatable bonds is 7. The van der Waals surface area contributed by atoms with Gasteiger partial charge in [-0.15, -0.1) is 11.3 Å². The third-order valence-electron chi connectivity index (χ3n) is 5.00. The number of carbonyl (C=O) groups is 2. The summed E-state index contributed by atoms with van der Waals surface area (Å²) in [4.78, 5) is 42.2. The smallest absolute Gasteiger partial charge is 0.271 e. The van der Waals surface area contributed by atoms with Crippen LogP contribution in [0.25, 0.3) is 10.2 Å². The van der Waals surface area contributed by atoms with Gasteiger partial charge in [0, 0.05) is 13.6 Å². The number of hydrogen-bond acceptors (Lipinski definition) is 6. The van der Waals surface area contributed by atoms with E-state index in [1.165, 1.54) is 27.7 Å². The number of amides is 2. The quantitative estimate of drug-likeness (QED) is 0.310. The molecule has 4 aromatic rings. The molecule has 0 unspecified atom stereocenters. The minimum atomic E-state index is -0.293. The molecule has 0 aliphatic heterocycles. The van der Waals surface area contributed by atoms with Gasteiger partial charge in [-0.25, -0.2) is 4.98 Å². The lowest BCUT2D eigenvalue weighted by molar-refractivity contribution is -0.113. The first kappa shape index (κ1) is 22.8. The van der Waals surface area contributed by atoms with Crippen molar-refractivity contribution < 1.29 is 9.59 Å². The topological polar surface area (TPSA) is 93.1 Å². The average Bonchev–Trinajstić information content (AvgIpc) is 3.29. The maximum Gasteiger partial charge on any atom is 0.271 e. The fraction of sp³-hybridized carbons (Fsp3) is 0.167. The standard InChI is InChI=1S/C24H22N4O3S2/c1-15-7-9-16(10-8-15)13-25-22(30)17-5-3-4-6-18(17)26-20(29)14-33-24-27-19-11-12-32-21(19)23(31)28(24)2/h3-12H,13-14H2,1-2H3,(H,25,30)(H,26,29). The fourth-order valence-corrected chi connectivity index (χ4v) is 4.76. The second kappa shape index (κ2) is 10.0. The number of benzene rings is 2. The third-order valence-corrected chi connectivity index (χ3v) is 6.92. The molecule has 2 N–H and O–H groups in total. The summed E-state index contributed by atoms with van der Waals surface area (Å²) in [6, 6.07) is 16.6. The van der Waals surface area contributed by atoms with Crippen molar-refractivity contribution in [3.05, 3.63) is 87.0 Å². The van der Waals surface area contributed by atoms with Crippen LogP contribution in [0.2, 0.25) is 0 Å². The molecule has 7 nitrogen and oxygen atoms in total. The molecule has 2 amide bonds. The molecule has 168 valence electrons. The van der Waals surface area contributed by atoms with Crippen molar-refractivity contribution in [2.45, 2.75) is 18.6 Å². The van der Waals surface area contributed by atoms with Gasteiger partial charge in [-0.1, -0.05) is 53.7 Å². The zero-order valence-electron chi connectivity index (χ0n) is 18.1. The van der Waals surface area contributed by atoms with Crippen molar-refractivity contribution in [1.29, 1.82) is 0 Å². The molecule has 0 aliphatic carbocycles. The first-order valence-corrected chi connectivity index (χ1v) is 12.1. The highest BCUT2D eigenvalue weighted by molar-refractivity contribution is 7.99. The lowest BCUT2D eigenvalue weighted by atomic mass is 10.1. The van der Waals surface area contributed by atoms with Crippen molar-refractivity contribution in [2.24, 2.45) is 7.05 Å². The lowest BCUT2D eigenvalue weighted by Gasteiger charge is -2.12. The Labute approximate surface area is 198 Å². The third kappa shape index (κ3) is 5.32. The number of nitrogens with zero attached hydrogens (tertiary/aromatic N) is 2. The first-order chi connectivity index (χ1) is 15.9. The molecule has 0 saturated carbocycles. The molecular formula is C24H22N4O3S2. The van der Waals surface area contributed by atoms with Crippen LogP contribution in [0.4, 0.5) is 5.69 Å². The average molecular weight is 479 g/mol. The molecule has 0 atom stereocenters. The molecule has 0 bridgehead atoms. The molecule has 33 heavy (non-hydrogen) atoms. The molecule has 0 saturated heterocycles. The number of carbonyl (C=O) groups excluding carboxylic acids is 2. The van der Waals surface area contributed by atoms with Gasteiger partial charge in [-0.3, -0.25) is 19.0 Å². The molecule has 2 aromatic carbocycles. The molecule has 9 heteroatoms. The van der Waals surface area contributed by atoms with Crippen LogP contribution in [-0.2, 0) is 18.4 Å². The summed E-state index contributed by atoms with van der Waals surface area (Å²) in [6.45, 7) is 2.40. The number of aryl methyl sites for hydroxylation is 1. The largest absolute Gasteiger partial charge is 0.348 e. The van der Waals surface area contributed by atoms with E-state index in [0.29, 0.717) is 33.2 Å². The SMILES string of the molecule is Cc1ccc(CNC(=O)c2ccccc2NC(=O)CSc2nc3ccsc3c(=O)n2C)cc1. The van der Waals surface area contributed by atoms with E-state index < -0.39 is 0 Å². The van der Waals surface area contributed by atoms with Crippen molar-refractivity contribution in [3.63, 3.8) is 0 Å². The summed E-state index contributed by atoms with van der Waals surface area (Å²) in [7, 11) is 1.64. The van der Waals surface area contributed by atoms with Crippen LogP contribution in [0.3, 0.4) is 0 Å². The Morgan fingerprint density at radius 3 is 2.64 bits per heavy atom. The number of fused-ring (bicyclic) bond motifs is 1. The second-order valence-electron chi connectivity index (χ2n) is 7.44. The lowest BCUT2D eigenvalue weighted by Crippen LogP contribution is -2.25. The summed E-state index contributed by atoms with van der Waals surface area (Å²) in [5.74, 6) is -0.514. The van der Waals surface area contributed by atoms with Gasteiger partial charge in [0.2, 0.25) is 5.91 Å². The number of para-hydroxylation sites is 1. The van der Waals surface area contributed by atoms with Gasteiger partial charge < -0.3 is 10.6 Å². The van der Waals surface area contributed by atoms with Gasteiger partial charge in [0.05, 0.1) is 22.5 Å². The number of nitrogens with one attached hydrogen (secondary N) is 2. The van der Waals surface area contributed by atoms with Gasteiger partial charge in [-0.2, -0.15) is 0 Å². The monoisotopic (exact) mass is 478 g/mol. The highest BCUT2D eigenvalue weighted by atomic mass is 32.2. The minimum Gasteiger partial charge on any atom is -0.348 e. The molecule has 2 heterocycles. The molecule has 0 spiro atoms. The maximum atomic E-state index is 12.7. The number of hydrogen-bond donors (Lipinski definition) is 2. The van der Waals surface area contributed by atoms with Gasteiger partial charge in [-0.05, 0) is 36.1 Å². The van der Waals surface area contributed by atoms with Crippen molar-refractivity contribution in [2.75, 3.05) is 11.1 Å². The van der Waals surface area contributed by atoms with Crippen LogP contribution in [0.15, 0.2) is 69.9 Å². The zero-order chi connectivity index (χ0) is 23.4. The van der Waals surface area contributed by atoms with E-state index in [0.717, 1.165) is 11.1 Å². The maximum absolute atomic E-state index is 12.7. The molecular weight excluding hydrogens is 456 g/mol.